The number of phenols is 1. The Hall–Kier alpha value is -4.27. The normalized spacial score (nSPS) is 13.3. The summed E-state index contributed by atoms with van der Waals surface area (Å²) in [5.74, 6) is -1.12. The monoisotopic (exact) mass is 668 g/mol. The number of hydrogen-bond donors (Lipinski definition) is 2. The molecule has 0 atom stereocenters. The van der Waals surface area contributed by atoms with Crippen LogP contribution in [0.2, 0.25) is 0 Å². The molecule has 1 saturated heterocycles. The van der Waals surface area contributed by atoms with Crippen molar-refractivity contribution >= 4 is 42.0 Å². The molecule has 1 heterocycles. The summed E-state index contributed by atoms with van der Waals surface area (Å²) in [6.45, 7) is 7.60. The van der Waals surface area contributed by atoms with Crippen LogP contribution in [0, 0.1) is 18.3 Å². The second-order valence-electron chi connectivity index (χ2n) is 11.3. The summed E-state index contributed by atoms with van der Waals surface area (Å²) >= 11 is 3.51. The highest BCUT2D eigenvalue weighted by molar-refractivity contribution is 7.97. The Bertz CT molecular complexity index is 1650. The topological polar surface area (TPSA) is 108 Å². The zero-order valence-corrected chi connectivity index (χ0v) is 28.5. The van der Waals surface area contributed by atoms with Crippen LogP contribution < -0.4 is 4.90 Å². The van der Waals surface area contributed by atoms with Gasteiger partial charge in [-0.15, -0.1) is 0 Å². The molecule has 244 valence electrons. The number of nitrogens with zero attached hydrogens (tertiary/aromatic N) is 4. The number of carboxylic acid groups (broad SMARTS) is 1. The van der Waals surface area contributed by atoms with Gasteiger partial charge in [-0.2, -0.15) is 5.26 Å². The summed E-state index contributed by atoms with van der Waals surface area (Å²) in [7, 11) is 2.10. The van der Waals surface area contributed by atoms with Crippen LogP contribution in [0.1, 0.15) is 58.3 Å². The molecule has 0 radical (unpaired) electrons. The number of nitriles is 1. The van der Waals surface area contributed by atoms with Gasteiger partial charge in [0.1, 0.15) is 11.3 Å². The highest BCUT2D eigenvalue weighted by Crippen LogP contribution is 2.34. The molecule has 1 aliphatic rings. The first-order valence-corrected chi connectivity index (χ1v) is 17.0. The number of hydrogen-bond acceptors (Lipinski definition) is 8. The lowest BCUT2D eigenvalue weighted by molar-refractivity contribution is -0.107. The van der Waals surface area contributed by atoms with Gasteiger partial charge in [0.2, 0.25) is 6.41 Å². The highest BCUT2D eigenvalue weighted by Gasteiger charge is 2.21. The van der Waals surface area contributed by atoms with E-state index in [2.05, 4.69) is 72.0 Å². The summed E-state index contributed by atoms with van der Waals surface area (Å²) in [6, 6.07) is 30.7. The molecule has 2 N–H and O–H groups in total. The van der Waals surface area contributed by atoms with Crippen molar-refractivity contribution in [3.63, 3.8) is 0 Å². The average Bonchev–Trinajstić information content (AvgIpc) is 3.09. The predicted molar refractivity (Wildman–Crippen MR) is 190 cm³/mol. The van der Waals surface area contributed by atoms with Gasteiger partial charge in [-0.1, -0.05) is 48.9 Å². The highest BCUT2D eigenvalue weighted by atomic mass is 32.2. The first-order valence-electron chi connectivity index (χ1n) is 15.4. The third-order valence-electron chi connectivity index (χ3n) is 7.87. The Balaban J connectivity index is 0.000000351. The molecule has 0 bridgehead atoms. The number of rotatable bonds is 11. The van der Waals surface area contributed by atoms with Crippen molar-refractivity contribution in [2.45, 2.75) is 48.9 Å². The molecule has 4 aromatic carbocycles. The number of carboxylic acids is 1. The van der Waals surface area contributed by atoms with Crippen molar-refractivity contribution in [1.82, 2.24) is 8.61 Å². The standard InChI is InChI=1S/C27H25N3O4S.C10H15NS/c28-16-19-3-8-24(9-4-19)35-30-13-11-22(12-14-30)21-5-1-20(2-6-21)17-29(18-31)23-7-10-25(27(33)34)26(32)15-23;1-4-11(3)12-10-7-5-9(2)6-8-10/h1-10,15,18,22,32H,11-14,17H2,(H,33,34);5-8H,4H2,1-3H3. The SMILES string of the molecule is CCN(C)Sc1ccc(C)cc1.N#Cc1ccc(SN2CCC(c3ccc(CN(C=O)c4ccc(C(=O)O)c(O)c4)cc3)CC2)cc1. The zero-order valence-electron chi connectivity index (χ0n) is 26.9. The molecule has 1 amide bonds. The van der Waals surface area contributed by atoms with Crippen molar-refractivity contribution in [2.75, 3.05) is 31.6 Å². The van der Waals surface area contributed by atoms with Crippen LogP contribution in [0.5, 0.6) is 5.75 Å². The largest absolute Gasteiger partial charge is 0.507 e. The van der Waals surface area contributed by atoms with Gasteiger partial charge < -0.3 is 15.1 Å². The van der Waals surface area contributed by atoms with Crippen LogP contribution in [0.15, 0.2) is 101 Å². The molecule has 5 rings (SSSR count). The number of piperidine rings is 1. The van der Waals surface area contributed by atoms with Gasteiger partial charge >= 0.3 is 5.97 Å². The minimum Gasteiger partial charge on any atom is -0.507 e. The summed E-state index contributed by atoms with van der Waals surface area (Å²) in [5, 5.41) is 27.9. The van der Waals surface area contributed by atoms with E-state index in [1.165, 1.54) is 39.1 Å². The Morgan fingerprint density at radius 3 is 2.17 bits per heavy atom. The van der Waals surface area contributed by atoms with Gasteiger partial charge in [0.15, 0.2) is 0 Å². The van der Waals surface area contributed by atoms with Crippen molar-refractivity contribution in [3.8, 4) is 11.8 Å². The average molecular weight is 669 g/mol. The van der Waals surface area contributed by atoms with Crippen molar-refractivity contribution in [2.24, 2.45) is 0 Å². The van der Waals surface area contributed by atoms with E-state index in [0.29, 0.717) is 30.1 Å². The fourth-order valence-electron chi connectivity index (χ4n) is 5.02. The van der Waals surface area contributed by atoms with Crippen LogP contribution in [0.4, 0.5) is 5.69 Å². The van der Waals surface area contributed by atoms with Crippen LogP contribution >= 0.6 is 23.9 Å². The van der Waals surface area contributed by atoms with E-state index in [9.17, 15) is 14.7 Å². The first-order chi connectivity index (χ1) is 22.7. The number of anilines is 1. The van der Waals surface area contributed by atoms with Crippen LogP contribution in [-0.4, -0.2) is 57.9 Å². The molecule has 4 aromatic rings. The van der Waals surface area contributed by atoms with Gasteiger partial charge in [-0.05, 0) is 116 Å². The molecular formula is C37H40N4O4S2. The van der Waals surface area contributed by atoms with E-state index in [1.54, 1.807) is 23.9 Å². The Morgan fingerprint density at radius 2 is 1.62 bits per heavy atom. The smallest absolute Gasteiger partial charge is 0.339 e. The lowest BCUT2D eigenvalue weighted by atomic mass is 9.90. The van der Waals surface area contributed by atoms with E-state index in [4.69, 9.17) is 10.4 Å². The quantitative estimate of drug-likeness (QED) is 0.122. The number of aryl methyl sites for hydroxylation is 1. The molecular weight excluding hydrogens is 629 g/mol. The van der Waals surface area contributed by atoms with E-state index < -0.39 is 5.97 Å². The Kier molecular flexibility index (Phi) is 13.3. The lowest BCUT2D eigenvalue weighted by Gasteiger charge is -2.31. The molecule has 47 heavy (non-hydrogen) atoms. The van der Waals surface area contributed by atoms with E-state index >= 15 is 0 Å². The van der Waals surface area contributed by atoms with Gasteiger partial charge in [-0.3, -0.25) is 4.79 Å². The summed E-state index contributed by atoms with van der Waals surface area (Å²) in [6.07, 6.45) is 2.78. The molecule has 0 saturated carbocycles. The van der Waals surface area contributed by atoms with Gasteiger partial charge in [0.05, 0.1) is 18.2 Å². The molecule has 0 spiro atoms. The minimum atomic E-state index is -1.22. The Labute approximate surface area is 285 Å². The van der Waals surface area contributed by atoms with Crippen LogP contribution in [0.3, 0.4) is 0 Å². The second-order valence-corrected chi connectivity index (χ2v) is 13.7. The molecule has 0 unspecified atom stereocenters. The summed E-state index contributed by atoms with van der Waals surface area (Å²) in [5.41, 5.74) is 4.43. The lowest BCUT2D eigenvalue weighted by Crippen LogP contribution is -2.27. The molecule has 10 heteroatoms. The fraction of sp³-hybridized carbons (Fsp3) is 0.270. The maximum atomic E-state index is 11.7. The first kappa shape index (κ1) is 35.6. The number of carbonyl (C=O) groups is 2. The number of aromatic hydroxyl groups is 1. The van der Waals surface area contributed by atoms with Gasteiger partial charge in [0.25, 0.3) is 0 Å². The zero-order chi connectivity index (χ0) is 33.8. The van der Waals surface area contributed by atoms with Crippen molar-refractivity contribution in [3.05, 3.63) is 119 Å². The maximum absolute atomic E-state index is 11.7. The molecule has 1 fully saturated rings. The van der Waals surface area contributed by atoms with E-state index in [-0.39, 0.29) is 11.3 Å². The second kappa shape index (κ2) is 17.6. The third-order valence-corrected chi connectivity index (χ3v) is 10.0. The van der Waals surface area contributed by atoms with Crippen LogP contribution in [-0.2, 0) is 11.3 Å². The summed E-state index contributed by atoms with van der Waals surface area (Å²) in [4.78, 5) is 26.6. The number of carbonyl (C=O) groups excluding carboxylic acids is 1. The number of benzene rings is 4. The number of amides is 1. The molecule has 0 aromatic heterocycles. The number of aromatic carboxylic acids is 1. The molecule has 8 nitrogen and oxygen atoms in total. The fourth-order valence-corrected chi connectivity index (χ4v) is 6.72. The van der Waals surface area contributed by atoms with Gasteiger partial charge in [-0.25, -0.2) is 13.4 Å². The van der Waals surface area contributed by atoms with Crippen molar-refractivity contribution < 1.29 is 19.8 Å². The predicted octanol–water partition coefficient (Wildman–Crippen LogP) is 7.97. The maximum Gasteiger partial charge on any atom is 0.339 e. The Morgan fingerprint density at radius 1 is 0.979 bits per heavy atom. The van der Waals surface area contributed by atoms with Gasteiger partial charge in [0, 0.05) is 41.2 Å². The minimum absolute atomic E-state index is 0.203. The third kappa shape index (κ3) is 10.6. The van der Waals surface area contributed by atoms with E-state index in [0.717, 1.165) is 42.9 Å². The summed E-state index contributed by atoms with van der Waals surface area (Å²) < 4.78 is 4.57. The van der Waals surface area contributed by atoms with Crippen LogP contribution in [0.25, 0.3) is 0 Å². The van der Waals surface area contributed by atoms with E-state index in [1.807, 2.05) is 36.4 Å². The molecule has 0 aliphatic carbocycles. The molecule has 1 aliphatic heterocycles. The van der Waals surface area contributed by atoms with Crippen molar-refractivity contribution in [1.29, 1.82) is 5.26 Å².